The zero-order chi connectivity index (χ0) is 27.7. The van der Waals surface area contributed by atoms with Crippen LogP contribution in [0, 0.1) is 6.92 Å². The highest BCUT2D eigenvalue weighted by Crippen LogP contribution is 2.26. The fourth-order valence-electron chi connectivity index (χ4n) is 3.42. The average molecular weight is 538 g/mol. The normalized spacial score (nSPS) is 11.2. The number of sulfonamides is 1. The number of hydrogen-bond donors (Lipinski definition) is 3. The van der Waals surface area contributed by atoms with Gasteiger partial charge in [-0.2, -0.15) is 0 Å². The highest BCUT2D eigenvalue weighted by Gasteiger charge is 2.13. The fourth-order valence-corrected chi connectivity index (χ4v) is 3.94. The molecule has 10 nitrogen and oxygen atoms in total. The summed E-state index contributed by atoms with van der Waals surface area (Å²) in [6.45, 7) is 6.75. The first-order valence-electron chi connectivity index (χ1n) is 11.8. The molecule has 1 heterocycles. The lowest BCUT2D eigenvalue weighted by atomic mass is 10.2. The summed E-state index contributed by atoms with van der Waals surface area (Å²) in [4.78, 5) is 17.1. The summed E-state index contributed by atoms with van der Waals surface area (Å²) in [5.74, 6) is 1.40. The summed E-state index contributed by atoms with van der Waals surface area (Å²) in [6, 6.07) is 20.5. The molecule has 5 N–H and O–H groups in total. The molecule has 38 heavy (non-hydrogen) atoms. The van der Waals surface area contributed by atoms with Crippen LogP contribution in [0.15, 0.2) is 87.5 Å². The van der Waals surface area contributed by atoms with E-state index in [9.17, 15) is 13.2 Å². The van der Waals surface area contributed by atoms with Crippen molar-refractivity contribution < 1.29 is 17.9 Å². The highest BCUT2D eigenvalue weighted by atomic mass is 32.2. The number of aliphatic imine (C=N–C) groups is 1. The van der Waals surface area contributed by atoms with Crippen LogP contribution in [0.2, 0.25) is 0 Å². The Morgan fingerprint density at radius 1 is 0.921 bits per heavy atom. The van der Waals surface area contributed by atoms with E-state index in [0.717, 1.165) is 5.75 Å². The minimum atomic E-state index is -3.79. The summed E-state index contributed by atoms with van der Waals surface area (Å²) >= 11 is 0. The Balaban J connectivity index is 0.000000336. The summed E-state index contributed by atoms with van der Waals surface area (Å²) in [6.07, 6.45) is 1.49. The molecular weight excluding hydrogens is 506 g/mol. The number of rotatable bonds is 8. The molecule has 0 spiro atoms. The molecule has 11 heteroatoms. The van der Waals surface area contributed by atoms with Crippen molar-refractivity contribution in [3.8, 4) is 17.2 Å². The smallest absolute Gasteiger partial charge is 0.280 e. The Labute approximate surface area is 221 Å². The molecule has 3 aromatic carbocycles. The topological polar surface area (TPSA) is 155 Å². The number of ether oxygens (including phenoxy) is 2. The number of nitrogens with zero attached hydrogens (tertiary/aromatic N) is 2. The maximum atomic E-state index is 12.8. The highest BCUT2D eigenvalue weighted by molar-refractivity contribution is 7.89. The zero-order valence-corrected chi connectivity index (χ0v) is 22.2. The van der Waals surface area contributed by atoms with Gasteiger partial charge in [0.15, 0.2) is 0 Å². The van der Waals surface area contributed by atoms with Crippen LogP contribution in [-0.4, -0.2) is 37.6 Å². The average Bonchev–Trinajstić information content (AvgIpc) is 3.18. The first-order chi connectivity index (χ1) is 18.2. The van der Waals surface area contributed by atoms with Gasteiger partial charge in [0.25, 0.3) is 5.56 Å². The van der Waals surface area contributed by atoms with E-state index >= 15 is 0 Å². The number of primary sulfonamides is 1. The van der Waals surface area contributed by atoms with Gasteiger partial charge in [-0.3, -0.25) is 14.9 Å². The summed E-state index contributed by atoms with van der Waals surface area (Å²) < 4.78 is 34.8. The van der Waals surface area contributed by atoms with E-state index in [1.807, 2.05) is 56.3 Å². The van der Waals surface area contributed by atoms with E-state index in [-0.39, 0.29) is 10.5 Å². The van der Waals surface area contributed by atoms with Crippen molar-refractivity contribution in [1.82, 2.24) is 9.78 Å². The van der Waals surface area contributed by atoms with E-state index in [1.165, 1.54) is 35.2 Å². The second-order valence-electron chi connectivity index (χ2n) is 7.96. The number of nitrogens with one attached hydrogen (secondary N) is 1. The van der Waals surface area contributed by atoms with Crippen LogP contribution in [-0.2, 0) is 10.0 Å². The van der Waals surface area contributed by atoms with E-state index in [0.29, 0.717) is 47.3 Å². The van der Waals surface area contributed by atoms with Gasteiger partial charge in [-0.15, -0.1) is 0 Å². The fraction of sp³-hybridized carbons (Fsp3) is 0.185. The van der Waals surface area contributed by atoms with Crippen LogP contribution in [0.3, 0.4) is 0 Å². The molecule has 0 aliphatic carbocycles. The number of para-hydroxylation sites is 4. The molecule has 0 saturated heterocycles. The van der Waals surface area contributed by atoms with Gasteiger partial charge in [-0.25, -0.2) is 18.2 Å². The van der Waals surface area contributed by atoms with E-state index < -0.39 is 10.0 Å². The molecular formula is C27H31N5O5S. The van der Waals surface area contributed by atoms with Crippen molar-refractivity contribution >= 4 is 27.6 Å². The van der Waals surface area contributed by atoms with Gasteiger partial charge in [-0.1, -0.05) is 24.3 Å². The number of nitrogens with two attached hydrogens (primary N) is 2. The lowest BCUT2D eigenvalue weighted by Crippen LogP contribution is -2.17. The van der Waals surface area contributed by atoms with Crippen LogP contribution in [0.4, 0.5) is 11.4 Å². The van der Waals surface area contributed by atoms with Crippen LogP contribution in [0.5, 0.6) is 11.5 Å². The maximum Gasteiger partial charge on any atom is 0.280 e. The predicted octanol–water partition coefficient (Wildman–Crippen LogP) is 3.94. The molecule has 0 fully saturated rings. The van der Waals surface area contributed by atoms with E-state index in [4.69, 9.17) is 20.3 Å². The van der Waals surface area contributed by atoms with Crippen molar-refractivity contribution in [2.75, 3.05) is 18.9 Å². The third-order valence-electron chi connectivity index (χ3n) is 5.26. The third kappa shape index (κ3) is 7.11. The minimum Gasteiger partial charge on any atom is -0.492 e. The van der Waals surface area contributed by atoms with Crippen molar-refractivity contribution in [2.24, 2.45) is 10.1 Å². The van der Waals surface area contributed by atoms with Crippen LogP contribution >= 0.6 is 0 Å². The van der Waals surface area contributed by atoms with Crippen LogP contribution < -0.4 is 25.9 Å². The zero-order valence-electron chi connectivity index (χ0n) is 21.4. The lowest BCUT2D eigenvalue weighted by Gasteiger charge is -2.05. The Morgan fingerprint density at radius 3 is 2.11 bits per heavy atom. The maximum absolute atomic E-state index is 12.8. The van der Waals surface area contributed by atoms with Crippen molar-refractivity contribution in [2.45, 2.75) is 25.7 Å². The first kappa shape index (κ1) is 28.2. The molecule has 0 bridgehead atoms. The van der Waals surface area contributed by atoms with Crippen LogP contribution in [0.1, 0.15) is 25.1 Å². The SMILES string of the molecule is CCOc1ccccc1N.CCOc1ccccc1N=Cc1c(C)[nH]n(-c2ccc(S(N)(=O)=O)cc2)c1=O. The van der Waals surface area contributed by atoms with Crippen molar-refractivity contribution in [3.05, 3.63) is 94.4 Å². The summed E-state index contributed by atoms with van der Waals surface area (Å²) in [7, 11) is -3.79. The largest absolute Gasteiger partial charge is 0.492 e. The monoisotopic (exact) mass is 537 g/mol. The van der Waals surface area contributed by atoms with Gasteiger partial charge in [0, 0.05) is 11.9 Å². The summed E-state index contributed by atoms with van der Waals surface area (Å²) in [5, 5.41) is 8.06. The molecule has 4 rings (SSSR count). The molecule has 0 saturated carbocycles. The second-order valence-corrected chi connectivity index (χ2v) is 9.52. The predicted molar refractivity (Wildman–Crippen MR) is 149 cm³/mol. The Morgan fingerprint density at radius 2 is 1.50 bits per heavy atom. The van der Waals surface area contributed by atoms with Gasteiger partial charge >= 0.3 is 0 Å². The molecule has 0 aliphatic rings. The molecule has 1 aromatic heterocycles. The Bertz CT molecular complexity index is 1560. The molecule has 0 unspecified atom stereocenters. The quantitative estimate of drug-likeness (QED) is 0.228. The van der Waals surface area contributed by atoms with E-state index in [1.54, 1.807) is 13.0 Å². The number of aryl methyl sites for hydroxylation is 1. The van der Waals surface area contributed by atoms with Gasteiger partial charge < -0.3 is 15.2 Å². The van der Waals surface area contributed by atoms with Crippen LogP contribution in [0.25, 0.3) is 5.69 Å². The van der Waals surface area contributed by atoms with Gasteiger partial charge in [0.05, 0.1) is 35.0 Å². The number of nitrogen functional groups attached to an aromatic ring is 1. The Kier molecular flexibility index (Phi) is 9.47. The number of benzene rings is 3. The molecule has 0 radical (unpaired) electrons. The third-order valence-corrected chi connectivity index (χ3v) is 6.19. The van der Waals surface area contributed by atoms with Crippen molar-refractivity contribution in [3.63, 3.8) is 0 Å². The number of aromatic amines is 1. The molecule has 200 valence electrons. The van der Waals surface area contributed by atoms with Gasteiger partial charge in [0.2, 0.25) is 10.0 Å². The number of anilines is 1. The first-order valence-corrected chi connectivity index (χ1v) is 13.4. The van der Waals surface area contributed by atoms with E-state index in [2.05, 4.69) is 10.1 Å². The second kappa shape index (κ2) is 12.7. The standard InChI is InChI=1S/C19H20N4O4S.C8H11NO/c1-3-27-18-7-5-4-6-17(18)21-12-16-13(2)22-23(19(16)24)14-8-10-15(11-9-14)28(20,25)26;1-2-10-8-6-4-3-5-7(8)9/h4-12,22H,3H2,1-2H3,(H2,20,25,26);3-6H,2,9H2,1H3. The molecule has 0 amide bonds. The Hall–Kier alpha value is -4.35. The number of aromatic nitrogens is 2. The summed E-state index contributed by atoms with van der Waals surface area (Å²) in [5.41, 5.74) is 8.09. The minimum absolute atomic E-state index is 0.0260. The van der Waals surface area contributed by atoms with Gasteiger partial charge in [-0.05, 0) is 69.3 Å². The molecule has 4 aromatic rings. The lowest BCUT2D eigenvalue weighted by molar-refractivity contribution is 0.341. The molecule has 0 aliphatic heterocycles. The van der Waals surface area contributed by atoms with Crippen molar-refractivity contribution in [1.29, 1.82) is 0 Å². The molecule has 0 atom stereocenters. The van der Waals surface area contributed by atoms with Gasteiger partial charge in [0.1, 0.15) is 17.2 Å². The number of H-pyrrole nitrogens is 1. The number of hydrogen-bond acceptors (Lipinski definition) is 7.